The lowest BCUT2D eigenvalue weighted by Gasteiger charge is -2.06. The fraction of sp³-hybridized carbons (Fsp3) is 0.385. The second-order valence-corrected chi connectivity index (χ2v) is 4.07. The van der Waals surface area contributed by atoms with Crippen LogP contribution < -0.4 is 5.56 Å². The molecular formula is C13H16N2O. The van der Waals surface area contributed by atoms with Crippen LogP contribution in [0.1, 0.15) is 25.3 Å². The third-order valence-electron chi connectivity index (χ3n) is 2.81. The van der Waals surface area contributed by atoms with Crippen LogP contribution in [-0.4, -0.2) is 9.55 Å². The van der Waals surface area contributed by atoms with Crippen molar-refractivity contribution in [1.29, 1.82) is 0 Å². The summed E-state index contributed by atoms with van der Waals surface area (Å²) in [6.07, 6.45) is 3.75. The number of aromatic nitrogens is 2. The Bertz CT molecular complexity index is 557. The van der Waals surface area contributed by atoms with E-state index < -0.39 is 0 Å². The molecule has 0 spiro atoms. The summed E-state index contributed by atoms with van der Waals surface area (Å²) < 4.78 is 1.70. The van der Waals surface area contributed by atoms with Gasteiger partial charge in [-0.3, -0.25) is 9.36 Å². The molecule has 2 rings (SSSR count). The summed E-state index contributed by atoms with van der Waals surface area (Å²) in [5.41, 5.74) is 1.94. The largest absolute Gasteiger partial charge is 0.299 e. The van der Waals surface area contributed by atoms with Gasteiger partial charge in [-0.1, -0.05) is 25.5 Å². The zero-order chi connectivity index (χ0) is 11.5. The van der Waals surface area contributed by atoms with Crippen molar-refractivity contribution >= 4 is 10.9 Å². The van der Waals surface area contributed by atoms with Crippen LogP contribution in [0.25, 0.3) is 10.9 Å². The minimum atomic E-state index is 0.0714. The van der Waals surface area contributed by atoms with Crippen LogP contribution in [-0.2, 0) is 6.54 Å². The topological polar surface area (TPSA) is 34.9 Å². The van der Waals surface area contributed by atoms with E-state index in [0.717, 1.165) is 35.9 Å². The first-order valence-electron chi connectivity index (χ1n) is 5.69. The number of benzene rings is 1. The normalized spacial score (nSPS) is 10.9. The molecule has 0 fully saturated rings. The van der Waals surface area contributed by atoms with Gasteiger partial charge in [0.05, 0.1) is 17.2 Å². The van der Waals surface area contributed by atoms with Crippen LogP contribution in [0.2, 0.25) is 0 Å². The molecule has 16 heavy (non-hydrogen) atoms. The van der Waals surface area contributed by atoms with Crippen molar-refractivity contribution in [2.45, 2.75) is 33.2 Å². The van der Waals surface area contributed by atoms with E-state index in [1.807, 2.05) is 25.1 Å². The molecule has 0 saturated carbocycles. The molecule has 2 aromatic rings. The van der Waals surface area contributed by atoms with Gasteiger partial charge < -0.3 is 0 Å². The van der Waals surface area contributed by atoms with Crippen molar-refractivity contribution in [2.24, 2.45) is 0 Å². The molecule has 0 amide bonds. The molecule has 1 aromatic heterocycles. The summed E-state index contributed by atoms with van der Waals surface area (Å²) in [6.45, 7) is 4.85. The number of fused-ring (bicyclic) bond motifs is 1. The maximum Gasteiger partial charge on any atom is 0.261 e. The predicted molar refractivity (Wildman–Crippen MR) is 65.6 cm³/mol. The molecule has 0 N–H and O–H groups in total. The second kappa shape index (κ2) is 4.47. The van der Waals surface area contributed by atoms with E-state index in [1.54, 1.807) is 10.9 Å². The van der Waals surface area contributed by atoms with Crippen molar-refractivity contribution in [1.82, 2.24) is 9.55 Å². The lowest BCUT2D eigenvalue weighted by atomic mass is 10.1. The zero-order valence-corrected chi connectivity index (χ0v) is 9.73. The molecule has 0 aliphatic rings. The van der Waals surface area contributed by atoms with Gasteiger partial charge in [-0.2, -0.15) is 0 Å². The predicted octanol–water partition coefficient (Wildman–Crippen LogP) is 2.51. The Morgan fingerprint density at radius 3 is 2.94 bits per heavy atom. The van der Waals surface area contributed by atoms with E-state index in [-0.39, 0.29) is 5.56 Å². The standard InChI is InChI=1S/C13H16N2O/c1-3-4-8-15-9-14-12-10(2)6-5-7-11(12)13(15)16/h5-7,9H,3-4,8H2,1-2H3. The fourth-order valence-corrected chi connectivity index (χ4v) is 1.83. The first-order chi connectivity index (χ1) is 7.74. The van der Waals surface area contributed by atoms with Crippen molar-refractivity contribution in [3.8, 4) is 0 Å². The van der Waals surface area contributed by atoms with Crippen molar-refractivity contribution in [3.63, 3.8) is 0 Å². The highest BCUT2D eigenvalue weighted by atomic mass is 16.1. The molecule has 1 aromatic carbocycles. The molecule has 84 valence electrons. The smallest absolute Gasteiger partial charge is 0.261 e. The third kappa shape index (κ3) is 1.85. The zero-order valence-electron chi connectivity index (χ0n) is 9.73. The average molecular weight is 216 g/mol. The lowest BCUT2D eigenvalue weighted by molar-refractivity contribution is 0.608. The Labute approximate surface area is 94.7 Å². The van der Waals surface area contributed by atoms with Crippen LogP contribution in [0.3, 0.4) is 0 Å². The third-order valence-corrected chi connectivity index (χ3v) is 2.81. The van der Waals surface area contributed by atoms with Gasteiger partial charge in [0.25, 0.3) is 5.56 Å². The number of aryl methyl sites for hydroxylation is 2. The van der Waals surface area contributed by atoms with E-state index in [0.29, 0.717) is 0 Å². The second-order valence-electron chi connectivity index (χ2n) is 4.07. The number of rotatable bonds is 3. The quantitative estimate of drug-likeness (QED) is 0.790. The maximum atomic E-state index is 12.1. The van der Waals surface area contributed by atoms with Gasteiger partial charge in [0.2, 0.25) is 0 Å². The minimum absolute atomic E-state index is 0.0714. The summed E-state index contributed by atoms with van der Waals surface area (Å²) in [5.74, 6) is 0. The molecule has 0 unspecified atom stereocenters. The molecular weight excluding hydrogens is 200 g/mol. The Kier molecular flexibility index (Phi) is 3.04. The van der Waals surface area contributed by atoms with E-state index in [1.165, 1.54) is 0 Å². The monoisotopic (exact) mass is 216 g/mol. The SMILES string of the molecule is CCCCn1cnc2c(C)cccc2c1=O. The number of hydrogen-bond donors (Lipinski definition) is 0. The van der Waals surface area contributed by atoms with E-state index in [4.69, 9.17) is 0 Å². The lowest BCUT2D eigenvalue weighted by Crippen LogP contribution is -2.20. The number of hydrogen-bond acceptors (Lipinski definition) is 2. The Morgan fingerprint density at radius 2 is 2.19 bits per heavy atom. The van der Waals surface area contributed by atoms with Crippen molar-refractivity contribution in [2.75, 3.05) is 0 Å². The summed E-state index contributed by atoms with van der Waals surface area (Å²) in [4.78, 5) is 16.5. The molecule has 3 heteroatoms. The number of para-hydroxylation sites is 1. The van der Waals surface area contributed by atoms with E-state index in [9.17, 15) is 4.79 Å². The molecule has 3 nitrogen and oxygen atoms in total. The molecule has 0 radical (unpaired) electrons. The van der Waals surface area contributed by atoms with Gasteiger partial charge in [-0.25, -0.2) is 4.98 Å². The van der Waals surface area contributed by atoms with Crippen LogP contribution in [0.15, 0.2) is 29.3 Å². The molecule has 0 atom stereocenters. The number of nitrogens with zero attached hydrogens (tertiary/aromatic N) is 2. The van der Waals surface area contributed by atoms with Gasteiger partial charge >= 0.3 is 0 Å². The van der Waals surface area contributed by atoms with Crippen molar-refractivity contribution < 1.29 is 0 Å². The van der Waals surface area contributed by atoms with Crippen LogP contribution in [0.4, 0.5) is 0 Å². The molecule has 0 bridgehead atoms. The Balaban J connectivity index is 2.57. The van der Waals surface area contributed by atoms with Gasteiger partial charge in [-0.05, 0) is 25.0 Å². The molecule has 0 aliphatic carbocycles. The summed E-state index contributed by atoms with van der Waals surface area (Å²) in [6, 6.07) is 5.73. The molecule has 1 heterocycles. The summed E-state index contributed by atoms with van der Waals surface area (Å²) in [5, 5.41) is 0.721. The van der Waals surface area contributed by atoms with Gasteiger partial charge in [0, 0.05) is 6.54 Å². The van der Waals surface area contributed by atoms with E-state index >= 15 is 0 Å². The first kappa shape index (κ1) is 10.9. The summed E-state index contributed by atoms with van der Waals surface area (Å²) in [7, 11) is 0. The van der Waals surface area contributed by atoms with Crippen LogP contribution in [0, 0.1) is 6.92 Å². The average Bonchev–Trinajstić information content (AvgIpc) is 2.29. The van der Waals surface area contributed by atoms with Crippen molar-refractivity contribution in [3.05, 3.63) is 40.4 Å². The molecule has 0 saturated heterocycles. The Morgan fingerprint density at radius 1 is 1.38 bits per heavy atom. The van der Waals surface area contributed by atoms with Crippen LogP contribution >= 0.6 is 0 Å². The van der Waals surface area contributed by atoms with Gasteiger partial charge in [0.1, 0.15) is 0 Å². The van der Waals surface area contributed by atoms with Gasteiger partial charge in [0.15, 0.2) is 0 Å². The molecule has 0 aliphatic heterocycles. The summed E-state index contributed by atoms with van der Waals surface area (Å²) >= 11 is 0. The van der Waals surface area contributed by atoms with Crippen LogP contribution in [0.5, 0.6) is 0 Å². The Hall–Kier alpha value is -1.64. The number of unbranched alkanes of at least 4 members (excludes halogenated alkanes) is 1. The maximum absolute atomic E-state index is 12.1. The first-order valence-corrected chi connectivity index (χ1v) is 5.69. The van der Waals surface area contributed by atoms with Gasteiger partial charge in [-0.15, -0.1) is 0 Å². The fourth-order valence-electron chi connectivity index (χ4n) is 1.83. The van der Waals surface area contributed by atoms with E-state index in [2.05, 4.69) is 11.9 Å². The highest BCUT2D eigenvalue weighted by Gasteiger charge is 2.04. The minimum Gasteiger partial charge on any atom is -0.299 e. The highest BCUT2D eigenvalue weighted by molar-refractivity contribution is 5.80. The highest BCUT2D eigenvalue weighted by Crippen LogP contribution is 2.11.